The molecule has 0 aromatic carbocycles. The summed E-state index contributed by atoms with van der Waals surface area (Å²) in [5, 5.41) is 12.9. The van der Waals surface area contributed by atoms with E-state index in [1.165, 1.54) is 50.0 Å². The second-order valence-corrected chi connectivity index (χ2v) is 6.10. The maximum absolute atomic E-state index is 11.7. The molecule has 0 aliphatic heterocycles. The second-order valence-electron chi connectivity index (χ2n) is 6.10. The molecule has 25 heavy (non-hydrogen) atoms. The van der Waals surface area contributed by atoms with Crippen LogP contribution in [-0.4, -0.2) is 99.7 Å². The van der Waals surface area contributed by atoms with Gasteiger partial charge in [0, 0.05) is 19.5 Å². The molecule has 2 N–H and O–H groups in total. The average Bonchev–Trinajstić information content (AvgIpc) is 2.53. The summed E-state index contributed by atoms with van der Waals surface area (Å²) in [6.45, 7) is 5.05. The average molecular weight is 385 g/mol. The standard InChI is InChI=1S/C18H36N2O4.K.H/c1-3-5-6-7-8-9-10-11-12-13-17(21)19-14-15-20(24-4-2)16-18(22)23;;/h3-16H2,1-2H3,(H,19,21)(H,22,23);;. The van der Waals surface area contributed by atoms with Crippen LogP contribution in [0.3, 0.4) is 0 Å². The minimum atomic E-state index is -0.940. The molecular weight excluding hydrogens is 347 g/mol. The van der Waals surface area contributed by atoms with Gasteiger partial charge in [0.2, 0.25) is 5.91 Å². The van der Waals surface area contributed by atoms with Crippen LogP contribution >= 0.6 is 0 Å². The summed E-state index contributed by atoms with van der Waals surface area (Å²) in [5.41, 5.74) is 0. The molecule has 0 rings (SSSR count). The molecule has 0 aromatic rings. The number of nitrogens with one attached hydrogen (secondary N) is 1. The molecule has 0 fully saturated rings. The van der Waals surface area contributed by atoms with Gasteiger partial charge < -0.3 is 10.4 Å². The molecule has 0 atom stereocenters. The molecule has 0 bridgehead atoms. The van der Waals surface area contributed by atoms with E-state index in [9.17, 15) is 9.59 Å². The number of carbonyl (C=O) groups is 2. The molecule has 6 nitrogen and oxygen atoms in total. The van der Waals surface area contributed by atoms with Gasteiger partial charge >= 0.3 is 57.4 Å². The van der Waals surface area contributed by atoms with Gasteiger partial charge in [-0.15, -0.1) is 0 Å². The van der Waals surface area contributed by atoms with Crippen molar-refractivity contribution >= 4 is 63.3 Å². The van der Waals surface area contributed by atoms with E-state index < -0.39 is 5.97 Å². The van der Waals surface area contributed by atoms with Gasteiger partial charge in [0.1, 0.15) is 6.54 Å². The van der Waals surface area contributed by atoms with Crippen molar-refractivity contribution in [3.8, 4) is 0 Å². The molecule has 0 radical (unpaired) electrons. The van der Waals surface area contributed by atoms with Crippen LogP contribution in [0.15, 0.2) is 0 Å². The zero-order valence-corrected chi connectivity index (χ0v) is 15.5. The fourth-order valence-electron chi connectivity index (χ4n) is 2.53. The first-order valence-electron chi connectivity index (χ1n) is 9.46. The van der Waals surface area contributed by atoms with Crippen LogP contribution in [0.2, 0.25) is 0 Å². The number of aliphatic carboxylic acids is 1. The topological polar surface area (TPSA) is 78.9 Å². The first-order valence-corrected chi connectivity index (χ1v) is 9.46. The van der Waals surface area contributed by atoms with E-state index >= 15 is 0 Å². The Morgan fingerprint density at radius 3 is 2.04 bits per heavy atom. The van der Waals surface area contributed by atoms with Crippen LogP contribution in [-0.2, 0) is 14.4 Å². The number of nitrogens with zero attached hydrogens (tertiary/aromatic N) is 1. The van der Waals surface area contributed by atoms with Crippen molar-refractivity contribution in [1.82, 2.24) is 10.4 Å². The number of hydrogen-bond donors (Lipinski definition) is 2. The first-order chi connectivity index (χ1) is 11.6. The zero-order chi connectivity index (χ0) is 18.0. The van der Waals surface area contributed by atoms with Crippen molar-refractivity contribution in [2.24, 2.45) is 0 Å². The van der Waals surface area contributed by atoms with E-state index in [4.69, 9.17) is 9.94 Å². The first kappa shape index (κ1) is 27.7. The molecule has 0 aromatic heterocycles. The summed E-state index contributed by atoms with van der Waals surface area (Å²) >= 11 is 0. The Bertz CT molecular complexity index is 330. The SMILES string of the molecule is CCCCCCCCCCCC(=O)NCCN(CC(=O)O)OCC.[KH]. The van der Waals surface area contributed by atoms with Gasteiger partial charge in [0.25, 0.3) is 0 Å². The van der Waals surface area contributed by atoms with Gasteiger partial charge in [-0.3, -0.25) is 14.4 Å². The van der Waals surface area contributed by atoms with Crippen LogP contribution in [0.5, 0.6) is 0 Å². The summed E-state index contributed by atoms with van der Waals surface area (Å²) < 4.78 is 0. The number of hydrogen-bond acceptors (Lipinski definition) is 4. The molecule has 7 heteroatoms. The van der Waals surface area contributed by atoms with E-state index in [1.54, 1.807) is 6.92 Å². The Kier molecular flexibility index (Phi) is 23.1. The number of carboxylic acids is 1. The van der Waals surface area contributed by atoms with Crippen LogP contribution in [0, 0.1) is 0 Å². The quantitative estimate of drug-likeness (QED) is 0.229. The Labute approximate surface area is 195 Å². The van der Waals surface area contributed by atoms with Crippen LogP contribution in [0.1, 0.15) is 78.1 Å². The third-order valence-electron chi connectivity index (χ3n) is 3.81. The molecule has 144 valence electrons. The van der Waals surface area contributed by atoms with Crippen molar-refractivity contribution in [3.63, 3.8) is 0 Å². The second kappa shape index (κ2) is 20.8. The number of rotatable bonds is 17. The van der Waals surface area contributed by atoms with E-state index in [0.29, 0.717) is 26.1 Å². The van der Waals surface area contributed by atoms with Crippen molar-refractivity contribution in [1.29, 1.82) is 0 Å². The summed E-state index contributed by atoms with van der Waals surface area (Å²) in [7, 11) is 0. The number of unbranched alkanes of at least 4 members (excludes halogenated alkanes) is 8. The van der Waals surface area contributed by atoms with Gasteiger partial charge in [-0.25, -0.2) is 0 Å². The van der Waals surface area contributed by atoms with Gasteiger partial charge in [-0.05, 0) is 13.3 Å². The van der Waals surface area contributed by atoms with E-state index in [2.05, 4.69) is 12.2 Å². The van der Waals surface area contributed by atoms with Crippen molar-refractivity contribution in [2.45, 2.75) is 78.1 Å². The van der Waals surface area contributed by atoms with Crippen molar-refractivity contribution < 1.29 is 19.5 Å². The van der Waals surface area contributed by atoms with E-state index in [0.717, 1.165) is 12.8 Å². The third-order valence-corrected chi connectivity index (χ3v) is 3.81. The predicted octanol–water partition coefficient (Wildman–Crippen LogP) is 2.71. The third kappa shape index (κ3) is 20.7. The van der Waals surface area contributed by atoms with E-state index in [1.807, 2.05) is 0 Å². The zero-order valence-electron chi connectivity index (χ0n) is 15.5. The number of carbonyl (C=O) groups excluding carboxylic acids is 1. The molecule has 0 unspecified atom stereocenters. The maximum atomic E-state index is 11.7. The molecule has 0 aliphatic rings. The molecule has 0 aliphatic carbocycles. The fraction of sp³-hybridized carbons (Fsp3) is 0.889. The number of hydroxylamine groups is 2. The predicted molar refractivity (Wildman–Crippen MR) is 103 cm³/mol. The Morgan fingerprint density at radius 2 is 1.52 bits per heavy atom. The Morgan fingerprint density at radius 1 is 0.960 bits per heavy atom. The number of carboxylic acid groups (broad SMARTS) is 1. The normalized spacial score (nSPS) is 10.5. The summed E-state index contributed by atoms with van der Waals surface area (Å²) in [6.07, 6.45) is 11.7. The molecule has 1 amide bonds. The van der Waals surface area contributed by atoms with Gasteiger partial charge in [0.05, 0.1) is 6.61 Å². The summed E-state index contributed by atoms with van der Waals surface area (Å²) in [6, 6.07) is 0. The monoisotopic (exact) mass is 384 g/mol. The molecule has 0 spiro atoms. The van der Waals surface area contributed by atoms with Crippen LogP contribution < -0.4 is 5.32 Å². The van der Waals surface area contributed by atoms with Crippen molar-refractivity contribution in [2.75, 3.05) is 26.2 Å². The van der Waals surface area contributed by atoms with Gasteiger partial charge in [-0.2, -0.15) is 5.06 Å². The molecule has 0 heterocycles. The summed E-state index contributed by atoms with van der Waals surface area (Å²) in [5.74, 6) is -0.908. The molecule has 0 saturated heterocycles. The summed E-state index contributed by atoms with van der Waals surface area (Å²) in [4.78, 5) is 27.6. The number of amides is 1. The Hall–Kier alpha value is 0.496. The fourth-order valence-corrected chi connectivity index (χ4v) is 2.53. The van der Waals surface area contributed by atoms with Crippen LogP contribution in [0.4, 0.5) is 0 Å². The van der Waals surface area contributed by atoms with Gasteiger partial charge in [-0.1, -0.05) is 58.3 Å². The Balaban J connectivity index is 0. The van der Waals surface area contributed by atoms with E-state index in [-0.39, 0.29) is 63.8 Å². The van der Waals surface area contributed by atoms with Crippen molar-refractivity contribution in [3.05, 3.63) is 0 Å². The minimum absolute atomic E-state index is 0. The molecule has 0 saturated carbocycles. The van der Waals surface area contributed by atoms with Gasteiger partial charge in [0.15, 0.2) is 0 Å². The van der Waals surface area contributed by atoms with Crippen LogP contribution in [0.25, 0.3) is 0 Å². The molecular formula is C18H37KN2O4.